The monoisotopic (exact) mass is 312 g/mol. The van der Waals surface area contributed by atoms with Crippen LogP contribution >= 0.6 is 0 Å². The summed E-state index contributed by atoms with van der Waals surface area (Å²) in [6.07, 6.45) is 0.0772. The van der Waals surface area contributed by atoms with Crippen LogP contribution in [0.3, 0.4) is 0 Å². The molecule has 0 unspecified atom stereocenters. The summed E-state index contributed by atoms with van der Waals surface area (Å²) in [6, 6.07) is 0. The zero-order valence-corrected chi connectivity index (χ0v) is 14.0. The van der Waals surface area contributed by atoms with Crippen LogP contribution < -0.4 is 5.32 Å². The van der Waals surface area contributed by atoms with Gasteiger partial charge in [0.15, 0.2) is 5.78 Å². The Morgan fingerprint density at radius 3 is 2.14 bits per heavy atom. The lowest BCUT2D eigenvalue weighted by atomic mass is 10.2. The molecule has 0 spiro atoms. The Labute approximate surface area is 130 Å². The number of Topliss-reactive ketones (excluding diaryl/α,β-unsaturated/α-hetero) is 1. The molecule has 7 heteroatoms. The number of alkyl carbamates (subject to hydrolysis) is 1. The second-order valence-electron chi connectivity index (χ2n) is 6.98. The molecule has 7 nitrogen and oxygen atoms in total. The van der Waals surface area contributed by atoms with E-state index in [9.17, 15) is 14.4 Å². The molecule has 0 bridgehead atoms. The van der Waals surface area contributed by atoms with Crippen LogP contribution in [0.15, 0.2) is 11.9 Å². The maximum absolute atomic E-state index is 12.1. The third kappa shape index (κ3) is 5.75. The van der Waals surface area contributed by atoms with Crippen molar-refractivity contribution < 1.29 is 23.9 Å². The number of ketones is 1. The van der Waals surface area contributed by atoms with E-state index >= 15 is 0 Å². The fraction of sp³-hybridized carbons (Fsp3) is 0.667. The largest absolute Gasteiger partial charge is 0.444 e. The minimum atomic E-state index is -0.691. The van der Waals surface area contributed by atoms with Gasteiger partial charge in [0.1, 0.15) is 16.9 Å². The van der Waals surface area contributed by atoms with E-state index in [1.807, 2.05) is 0 Å². The molecule has 1 aliphatic rings. The number of rotatable bonds is 1. The molecular weight excluding hydrogens is 288 g/mol. The third-order valence-corrected chi connectivity index (χ3v) is 2.48. The molecule has 22 heavy (non-hydrogen) atoms. The molecule has 0 aliphatic carbocycles. The van der Waals surface area contributed by atoms with Gasteiger partial charge in [-0.15, -0.1) is 0 Å². The summed E-state index contributed by atoms with van der Waals surface area (Å²) in [4.78, 5) is 36.7. The van der Waals surface area contributed by atoms with Crippen LogP contribution in [0.5, 0.6) is 0 Å². The molecule has 1 saturated heterocycles. The van der Waals surface area contributed by atoms with E-state index in [0.29, 0.717) is 0 Å². The zero-order chi connectivity index (χ0) is 17.1. The van der Waals surface area contributed by atoms with Crippen molar-refractivity contribution in [3.8, 4) is 0 Å². The van der Waals surface area contributed by atoms with E-state index in [-0.39, 0.29) is 24.4 Å². The molecule has 1 N–H and O–H groups in total. The molecule has 1 heterocycles. The lowest BCUT2D eigenvalue weighted by Gasteiger charge is -2.24. The van der Waals surface area contributed by atoms with Gasteiger partial charge in [-0.1, -0.05) is 0 Å². The molecule has 1 fully saturated rings. The van der Waals surface area contributed by atoms with Crippen LogP contribution in [0.2, 0.25) is 0 Å². The standard InChI is InChI=1S/C15H24N2O5/c1-14(2,3)21-12(19)16-9-10-11(18)7-8-17(10)13(20)22-15(4,5)6/h9H,7-8H2,1-6H3,(H,16,19)/b10-9+. The minimum Gasteiger partial charge on any atom is -0.444 e. The summed E-state index contributed by atoms with van der Waals surface area (Å²) in [7, 11) is 0. The van der Waals surface area contributed by atoms with Crippen molar-refractivity contribution in [3.05, 3.63) is 11.9 Å². The predicted molar refractivity (Wildman–Crippen MR) is 80.0 cm³/mol. The van der Waals surface area contributed by atoms with Gasteiger partial charge in [-0.3, -0.25) is 15.0 Å². The number of amides is 2. The Hall–Kier alpha value is -2.05. The number of carbonyl (C=O) groups is 3. The first-order chi connectivity index (χ1) is 9.89. The van der Waals surface area contributed by atoms with Gasteiger partial charge in [0.2, 0.25) is 0 Å². The summed E-state index contributed by atoms with van der Waals surface area (Å²) in [6.45, 7) is 10.6. The molecule has 1 rings (SSSR count). The summed E-state index contributed by atoms with van der Waals surface area (Å²) in [5.74, 6) is -0.234. The Bertz CT molecular complexity index is 497. The van der Waals surface area contributed by atoms with Crippen molar-refractivity contribution in [2.45, 2.75) is 59.2 Å². The Kier molecular flexibility index (Phi) is 5.22. The zero-order valence-electron chi connectivity index (χ0n) is 14.0. The topological polar surface area (TPSA) is 84.9 Å². The highest BCUT2D eigenvalue weighted by Crippen LogP contribution is 2.20. The van der Waals surface area contributed by atoms with Crippen LogP contribution in [0.4, 0.5) is 9.59 Å². The molecule has 124 valence electrons. The Morgan fingerprint density at radius 2 is 1.64 bits per heavy atom. The highest BCUT2D eigenvalue weighted by molar-refractivity contribution is 6.01. The van der Waals surface area contributed by atoms with Crippen molar-refractivity contribution in [2.75, 3.05) is 6.54 Å². The number of carbonyl (C=O) groups excluding carboxylic acids is 3. The van der Waals surface area contributed by atoms with Gasteiger partial charge in [0, 0.05) is 19.2 Å². The molecule has 0 aromatic carbocycles. The third-order valence-electron chi connectivity index (χ3n) is 2.48. The molecule has 0 atom stereocenters. The normalized spacial score (nSPS) is 17.6. The number of ether oxygens (including phenoxy) is 2. The Balaban J connectivity index is 2.77. The van der Waals surface area contributed by atoms with Gasteiger partial charge in [-0.25, -0.2) is 9.59 Å². The average molecular weight is 312 g/mol. The van der Waals surface area contributed by atoms with Gasteiger partial charge in [-0.05, 0) is 41.5 Å². The van der Waals surface area contributed by atoms with Crippen molar-refractivity contribution in [1.29, 1.82) is 0 Å². The highest BCUT2D eigenvalue weighted by atomic mass is 16.6. The van der Waals surface area contributed by atoms with Crippen LogP contribution in [-0.4, -0.2) is 40.6 Å². The SMILES string of the molecule is CC(C)(C)OC(=O)N/C=C1\C(=O)CCN1C(=O)OC(C)(C)C. The molecule has 0 aromatic rings. The van der Waals surface area contributed by atoms with Gasteiger partial charge < -0.3 is 9.47 Å². The predicted octanol–water partition coefficient (Wildman–Crippen LogP) is 2.56. The average Bonchev–Trinajstić information content (AvgIpc) is 2.63. The van der Waals surface area contributed by atoms with E-state index in [0.717, 1.165) is 0 Å². The van der Waals surface area contributed by atoms with Crippen molar-refractivity contribution >= 4 is 18.0 Å². The van der Waals surface area contributed by atoms with Gasteiger partial charge in [0.25, 0.3) is 0 Å². The lowest BCUT2D eigenvalue weighted by molar-refractivity contribution is -0.114. The van der Waals surface area contributed by atoms with Crippen molar-refractivity contribution in [2.24, 2.45) is 0 Å². The molecule has 0 saturated carbocycles. The number of hydrogen-bond acceptors (Lipinski definition) is 5. The van der Waals surface area contributed by atoms with E-state index in [1.165, 1.54) is 11.1 Å². The number of nitrogens with one attached hydrogen (secondary N) is 1. The number of hydrogen-bond donors (Lipinski definition) is 1. The first kappa shape index (κ1) is 18.0. The van der Waals surface area contributed by atoms with Crippen LogP contribution in [0, 0.1) is 0 Å². The second kappa shape index (κ2) is 6.37. The van der Waals surface area contributed by atoms with E-state index in [1.54, 1.807) is 41.5 Å². The quantitative estimate of drug-likeness (QED) is 0.752. The first-order valence-electron chi connectivity index (χ1n) is 7.12. The van der Waals surface area contributed by atoms with Gasteiger partial charge in [-0.2, -0.15) is 0 Å². The van der Waals surface area contributed by atoms with Gasteiger partial charge in [0.05, 0.1) is 0 Å². The molecule has 1 aliphatic heterocycles. The summed E-state index contributed by atoms with van der Waals surface area (Å²) in [5.41, 5.74) is -1.21. The Morgan fingerprint density at radius 1 is 1.09 bits per heavy atom. The van der Waals surface area contributed by atoms with Crippen LogP contribution in [-0.2, 0) is 14.3 Å². The highest BCUT2D eigenvalue weighted by Gasteiger charge is 2.33. The minimum absolute atomic E-state index is 0.0973. The lowest BCUT2D eigenvalue weighted by Crippen LogP contribution is -2.36. The maximum Gasteiger partial charge on any atom is 0.414 e. The smallest absolute Gasteiger partial charge is 0.414 e. The van der Waals surface area contributed by atoms with Gasteiger partial charge >= 0.3 is 12.2 Å². The number of allylic oxidation sites excluding steroid dienone is 1. The fourth-order valence-electron chi connectivity index (χ4n) is 1.71. The van der Waals surface area contributed by atoms with Crippen LogP contribution in [0.25, 0.3) is 0 Å². The van der Waals surface area contributed by atoms with Crippen molar-refractivity contribution in [3.63, 3.8) is 0 Å². The molecule has 2 amide bonds. The van der Waals surface area contributed by atoms with E-state index in [4.69, 9.17) is 9.47 Å². The molecule has 0 aromatic heterocycles. The summed E-state index contributed by atoms with van der Waals surface area (Å²) in [5, 5.41) is 2.37. The van der Waals surface area contributed by atoms with E-state index < -0.39 is 23.4 Å². The summed E-state index contributed by atoms with van der Waals surface area (Å²) < 4.78 is 10.3. The van der Waals surface area contributed by atoms with Crippen molar-refractivity contribution in [1.82, 2.24) is 10.2 Å². The number of nitrogens with zero attached hydrogens (tertiary/aromatic N) is 1. The molecule has 0 radical (unpaired) electrons. The second-order valence-corrected chi connectivity index (χ2v) is 6.98. The van der Waals surface area contributed by atoms with Crippen LogP contribution in [0.1, 0.15) is 48.0 Å². The maximum atomic E-state index is 12.1. The summed E-state index contributed by atoms with van der Waals surface area (Å²) >= 11 is 0. The number of likely N-dealkylation sites (tertiary alicyclic amines) is 1. The fourth-order valence-corrected chi connectivity index (χ4v) is 1.71. The molecular formula is C15H24N2O5. The van der Waals surface area contributed by atoms with E-state index in [2.05, 4.69) is 5.32 Å². The first-order valence-corrected chi connectivity index (χ1v) is 7.12.